The van der Waals surface area contributed by atoms with E-state index in [2.05, 4.69) is 10.4 Å². The molecule has 0 fully saturated rings. The highest BCUT2D eigenvalue weighted by molar-refractivity contribution is 7.57. The SMILES string of the molecule is CN(C)P(=O)(NC(=O)Nc1ccc(C#N)cc1)N(C)C. The molecule has 108 valence electrons. The van der Waals surface area contributed by atoms with E-state index in [1.54, 1.807) is 52.5 Å². The zero-order valence-corrected chi connectivity index (χ0v) is 12.8. The van der Waals surface area contributed by atoms with Crippen LogP contribution in [-0.4, -0.2) is 43.6 Å². The molecule has 0 aliphatic carbocycles. The Morgan fingerprint density at radius 2 is 1.65 bits per heavy atom. The van der Waals surface area contributed by atoms with Crippen molar-refractivity contribution < 1.29 is 9.36 Å². The molecule has 0 aliphatic rings. The Balaban J connectivity index is 2.76. The van der Waals surface area contributed by atoms with E-state index in [0.29, 0.717) is 11.3 Å². The molecule has 1 aromatic carbocycles. The molecular formula is C12H18N5O2P. The summed E-state index contributed by atoms with van der Waals surface area (Å²) in [6.45, 7) is 0. The van der Waals surface area contributed by atoms with E-state index in [0.717, 1.165) is 0 Å². The Morgan fingerprint density at radius 1 is 1.15 bits per heavy atom. The molecule has 20 heavy (non-hydrogen) atoms. The molecule has 0 atom stereocenters. The number of nitriles is 1. The van der Waals surface area contributed by atoms with Crippen LogP contribution in [0.15, 0.2) is 24.3 Å². The van der Waals surface area contributed by atoms with Gasteiger partial charge in [0.25, 0.3) is 0 Å². The van der Waals surface area contributed by atoms with Gasteiger partial charge in [0, 0.05) is 5.69 Å². The summed E-state index contributed by atoms with van der Waals surface area (Å²) in [6, 6.07) is 7.81. The molecule has 0 radical (unpaired) electrons. The first-order valence-corrected chi connectivity index (χ1v) is 7.46. The minimum Gasteiger partial charge on any atom is -0.308 e. The van der Waals surface area contributed by atoms with Gasteiger partial charge in [0.1, 0.15) is 0 Å². The lowest BCUT2D eigenvalue weighted by Crippen LogP contribution is -2.36. The number of amides is 2. The van der Waals surface area contributed by atoms with Crippen LogP contribution in [0.2, 0.25) is 0 Å². The number of nitrogens with zero attached hydrogens (tertiary/aromatic N) is 3. The van der Waals surface area contributed by atoms with Gasteiger partial charge in [-0.25, -0.2) is 14.1 Å². The van der Waals surface area contributed by atoms with E-state index in [1.807, 2.05) is 6.07 Å². The molecule has 7 nitrogen and oxygen atoms in total. The van der Waals surface area contributed by atoms with Gasteiger partial charge in [0.15, 0.2) is 0 Å². The van der Waals surface area contributed by atoms with Gasteiger partial charge in [0.2, 0.25) is 0 Å². The maximum Gasteiger partial charge on any atom is 0.326 e. The monoisotopic (exact) mass is 295 g/mol. The van der Waals surface area contributed by atoms with Crippen molar-refractivity contribution in [2.24, 2.45) is 0 Å². The van der Waals surface area contributed by atoms with E-state index < -0.39 is 13.6 Å². The molecule has 0 spiro atoms. The van der Waals surface area contributed by atoms with Crippen LogP contribution in [0.1, 0.15) is 5.56 Å². The van der Waals surface area contributed by atoms with Crippen molar-refractivity contribution in [1.82, 2.24) is 14.4 Å². The van der Waals surface area contributed by atoms with Gasteiger partial charge in [-0.2, -0.15) is 5.26 Å². The van der Waals surface area contributed by atoms with Crippen LogP contribution in [0.3, 0.4) is 0 Å². The summed E-state index contributed by atoms with van der Waals surface area (Å²) in [7, 11) is 3.39. The predicted octanol–water partition coefficient (Wildman–Crippen LogP) is 1.91. The molecule has 0 aromatic heterocycles. The van der Waals surface area contributed by atoms with Gasteiger partial charge in [-0.05, 0) is 52.5 Å². The zero-order valence-electron chi connectivity index (χ0n) is 11.9. The van der Waals surface area contributed by atoms with Crippen molar-refractivity contribution in [2.75, 3.05) is 33.5 Å². The number of hydrogen-bond acceptors (Lipinski definition) is 3. The maximum atomic E-state index is 12.6. The third kappa shape index (κ3) is 3.81. The Hall–Kier alpha value is -1.87. The van der Waals surface area contributed by atoms with Crippen molar-refractivity contribution in [3.05, 3.63) is 29.8 Å². The Morgan fingerprint density at radius 3 is 2.05 bits per heavy atom. The third-order valence-electron chi connectivity index (χ3n) is 2.60. The summed E-state index contributed by atoms with van der Waals surface area (Å²) in [4.78, 5) is 11.9. The lowest BCUT2D eigenvalue weighted by Gasteiger charge is -2.30. The van der Waals surface area contributed by atoms with Crippen LogP contribution >= 0.6 is 7.59 Å². The number of urea groups is 1. The van der Waals surface area contributed by atoms with Crippen LogP contribution in [-0.2, 0) is 4.57 Å². The number of anilines is 1. The average molecular weight is 295 g/mol. The number of carbonyl (C=O) groups excluding carboxylic acids is 1. The molecule has 1 aromatic rings. The van der Waals surface area contributed by atoms with E-state index in [-0.39, 0.29) is 0 Å². The summed E-state index contributed by atoms with van der Waals surface area (Å²) < 4.78 is 15.5. The predicted molar refractivity (Wildman–Crippen MR) is 78.3 cm³/mol. The molecule has 0 heterocycles. The topological polar surface area (TPSA) is 88.5 Å². The molecular weight excluding hydrogens is 277 g/mol. The first-order chi connectivity index (χ1) is 9.29. The fraction of sp³-hybridized carbons (Fsp3) is 0.333. The molecule has 0 bridgehead atoms. The molecule has 0 saturated heterocycles. The minimum absolute atomic E-state index is 0.503. The first kappa shape index (κ1) is 16.2. The van der Waals surface area contributed by atoms with E-state index in [4.69, 9.17) is 5.26 Å². The standard InChI is InChI=1S/C12H18N5O2P/c1-16(2)20(19,17(3)4)15-12(18)14-11-7-5-10(9-13)6-8-11/h5-8H,1-4H3,(H2,14,15,18,19). The molecule has 1 rings (SSSR count). The van der Waals surface area contributed by atoms with Crippen LogP contribution in [0.5, 0.6) is 0 Å². The van der Waals surface area contributed by atoms with E-state index in [1.165, 1.54) is 9.34 Å². The molecule has 8 heteroatoms. The van der Waals surface area contributed by atoms with Crippen LogP contribution in [0.25, 0.3) is 0 Å². The lowest BCUT2D eigenvalue weighted by molar-refractivity contribution is 0.255. The average Bonchev–Trinajstić information content (AvgIpc) is 2.38. The van der Waals surface area contributed by atoms with Crippen LogP contribution in [0.4, 0.5) is 10.5 Å². The second-order valence-electron chi connectivity index (χ2n) is 4.49. The number of carbonyl (C=O) groups is 1. The quantitative estimate of drug-likeness (QED) is 0.828. The smallest absolute Gasteiger partial charge is 0.308 e. The Labute approximate surface area is 118 Å². The second-order valence-corrected chi connectivity index (χ2v) is 7.41. The van der Waals surface area contributed by atoms with Gasteiger partial charge in [-0.15, -0.1) is 0 Å². The highest BCUT2D eigenvalue weighted by Crippen LogP contribution is 2.44. The molecule has 0 aliphatic heterocycles. The van der Waals surface area contributed by atoms with Crippen molar-refractivity contribution in [2.45, 2.75) is 0 Å². The van der Waals surface area contributed by atoms with Crippen molar-refractivity contribution in [3.8, 4) is 6.07 Å². The number of rotatable bonds is 4. The van der Waals surface area contributed by atoms with Crippen LogP contribution in [0, 0.1) is 11.3 Å². The van der Waals surface area contributed by atoms with E-state index in [9.17, 15) is 9.36 Å². The summed E-state index contributed by atoms with van der Waals surface area (Å²) in [5.41, 5.74) is 1.02. The normalized spacial score (nSPS) is 11.2. The number of benzene rings is 1. The summed E-state index contributed by atoms with van der Waals surface area (Å²) in [6.07, 6.45) is 0. The number of nitrogens with one attached hydrogen (secondary N) is 2. The van der Waals surface area contributed by atoms with Crippen LogP contribution < -0.4 is 10.4 Å². The summed E-state index contributed by atoms with van der Waals surface area (Å²) in [5.74, 6) is 0. The van der Waals surface area contributed by atoms with Gasteiger partial charge in [-0.3, -0.25) is 9.65 Å². The lowest BCUT2D eigenvalue weighted by atomic mass is 10.2. The van der Waals surface area contributed by atoms with Crippen molar-refractivity contribution in [3.63, 3.8) is 0 Å². The van der Waals surface area contributed by atoms with Gasteiger partial charge in [-0.1, -0.05) is 0 Å². The molecule has 0 unspecified atom stereocenters. The molecule has 2 N–H and O–H groups in total. The fourth-order valence-corrected chi connectivity index (χ4v) is 2.91. The number of hydrogen-bond donors (Lipinski definition) is 2. The van der Waals surface area contributed by atoms with Gasteiger partial charge < -0.3 is 5.32 Å². The maximum absolute atomic E-state index is 12.6. The fourth-order valence-electron chi connectivity index (χ4n) is 1.48. The Bertz CT molecular complexity index is 550. The largest absolute Gasteiger partial charge is 0.326 e. The third-order valence-corrected chi connectivity index (χ3v) is 5.27. The highest BCUT2D eigenvalue weighted by Gasteiger charge is 2.30. The second kappa shape index (κ2) is 6.53. The zero-order chi connectivity index (χ0) is 15.3. The van der Waals surface area contributed by atoms with E-state index >= 15 is 0 Å². The van der Waals surface area contributed by atoms with Crippen molar-refractivity contribution >= 4 is 19.3 Å². The minimum atomic E-state index is -3.12. The summed E-state index contributed by atoms with van der Waals surface area (Å²) >= 11 is 0. The first-order valence-electron chi connectivity index (χ1n) is 5.84. The molecule has 2 amide bonds. The Kier molecular flexibility index (Phi) is 5.28. The molecule has 0 saturated carbocycles. The van der Waals surface area contributed by atoms with Gasteiger partial charge in [0.05, 0.1) is 11.6 Å². The van der Waals surface area contributed by atoms with Gasteiger partial charge >= 0.3 is 13.6 Å². The highest BCUT2D eigenvalue weighted by atomic mass is 31.2. The van der Waals surface area contributed by atoms with Crippen molar-refractivity contribution in [1.29, 1.82) is 5.26 Å². The summed E-state index contributed by atoms with van der Waals surface area (Å²) in [5, 5.41) is 13.7.